The first-order valence-electron chi connectivity index (χ1n) is 9.23. The molecule has 0 aliphatic carbocycles. The molecule has 0 aliphatic heterocycles. The first-order chi connectivity index (χ1) is 13.2. The second-order valence-corrected chi connectivity index (χ2v) is 7.44. The van der Waals surface area contributed by atoms with Gasteiger partial charge in [-0.3, -0.25) is 13.9 Å². The van der Waals surface area contributed by atoms with Crippen LogP contribution in [-0.2, 0) is 20.6 Å². The quantitative estimate of drug-likeness (QED) is 0.690. The summed E-state index contributed by atoms with van der Waals surface area (Å²) < 4.78 is 9.79. The van der Waals surface area contributed by atoms with Crippen LogP contribution in [0.1, 0.15) is 30.9 Å². The van der Waals surface area contributed by atoms with E-state index in [-0.39, 0.29) is 18.7 Å². The number of aliphatic hydroxyl groups is 1. The van der Waals surface area contributed by atoms with Crippen molar-refractivity contribution in [2.75, 3.05) is 6.61 Å². The fourth-order valence-corrected chi connectivity index (χ4v) is 3.24. The number of aromatic nitrogens is 4. The van der Waals surface area contributed by atoms with Gasteiger partial charge >= 0.3 is 5.69 Å². The molecule has 1 N–H and O–H groups in total. The Morgan fingerprint density at radius 3 is 2.57 bits per heavy atom. The van der Waals surface area contributed by atoms with Gasteiger partial charge in [0.1, 0.15) is 18.5 Å². The molecule has 0 saturated heterocycles. The van der Waals surface area contributed by atoms with Gasteiger partial charge in [0.25, 0.3) is 5.56 Å². The Labute approximate surface area is 162 Å². The minimum absolute atomic E-state index is 0.0783. The maximum absolute atomic E-state index is 12.5. The summed E-state index contributed by atoms with van der Waals surface area (Å²) in [7, 11) is 2.98. The van der Waals surface area contributed by atoms with E-state index >= 15 is 0 Å². The second-order valence-electron chi connectivity index (χ2n) is 7.44. The molecule has 2 aromatic heterocycles. The molecule has 8 heteroatoms. The zero-order valence-corrected chi connectivity index (χ0v) is 16.8. The summed E-state index contributed by atoms with van der Waals surface area (Å²) >= 11 is 0. The standard InChI is InChI=1S/C20H26N4O4/c1-12(2)15-7-6-13(3)8-16(15)28-10-14(25)9-24-11-21-18-17(24)19(26)23(5)20(27)22(18)4/h6-8,11-12,14,25H,9-10H2,1-5H3/t14-/m0/s1. The molecule has 0 amide bonds. The highest BCUT2D eigenvalue weighted by molar-refractivity contribution is 5.69. The first kappa shape index (κ1) is 19.9. The summed E-state index contributed by atoms with van der Waals surface area (Å²) in [5.74, 6) is 1.05. The molecule has 28 heavy (non-hydrogen) atoms. The molecule has 8 nitrogen and oxygen atoms in total. The van der Waals surface area contributed by atoms with Crippen LogP contribution in [0.3, 0.4) is 0 Å². The van der Waals surface area contributed by atoms with Crippen molar-refractivity contribution in [2.24, 2.45) is 14.1 Å². The zero-order valence-electron chi connectivity index (χ0n) is 16.8. The summed E-state index contributed by atoms with van der Waals surface area (Å²) in [6, 6.07) is 6.03. The molecule has 2 heterocycles. The SMILES string of the molecule is Cc1ccc(C(C)C)c(OC[C@@H](O)Cn2cnc3c2c(=O)n(C)c(=O)n3C)c1. The highest BCUT2D eigenvalue weighted by Gasteiger charge is 2.17. The van der Waals surface area contributed by atoms with Gasteiger partial charge in [0, 0.05) is 14.1 Å². The van der Waals surface area contributed by atoms with Crippen LogP contribution in [0.15, 0.2) is 34.1 Å². The van der Waals surface area contributed by atoms with E-state index < -0.39 is 17.4 Å². The highest BCUT2D eigenvalue weighted by atomic mass is 16.5. The van der Waals surface area contributed by atoms with Crippen molar-refractivity contribution >= 4 is 11.2 Å². The van der Waals surface area contributed by atoms with Crippen LogP contribution in [-0.4, -0.2) is 36.5 Å². The molecule has 1 aromatic carbocycles. The molecule has 0 radical (unpaired) electrons. The van der Waals surface area contributed by atoms with Crippen molar-refractivity contribution in [3.05, 3.63) is 56.5 Å². The molecule has 1 atom stereocenters. The molecule has 3 aromatic rings. The third-order valence-electron chi connectivity index (χ3n) is 4.85. The predicted octanol–water partition coefficient (Wildman–Crippen LogP) is 1.31. The Morgan fingerprint density at radius 2 is 1.89 bits per heavy atom. The molecule has 0 fully saturated rings. The lowest BCUT2D eigenvalue weighted by Gasteiger charge is -2.18. The molecule has 0 saturated carbocycles. The molecule has 150 valence electrons. The van der Waals surface area contributed by atoms with Gasteiger partial charge < -0.3 is 14.4 Å². The minimum atomic E-state index is -0.847. The van der Waals surface area contributed by atoms with Crippen LogP contribution >= 0.6 is 0 Å². The van der Waals surface area contributed by atoms with Crippen molar-refractivity contribution in [2.45, 2.75) is 39.3 Å². The Kier molecular flexibility index (Phi) is 5.42. The number of aryl methyl sites for hydroxylation is 2. The maximum atomic E-state index is 12.5. The van der Waals surface area contributed by atoms with Gasteiger partial charge in [-0.2, -0.15) is 0 Å². The summed E-state index contributed by atoms with van der Waals surface area (Å²) in [4.78, 5) is 28.7. The maximum Gasteiger partial charge on any atom is 0.332 e. The van der Waals surface area contributed by atoms with E-state index in [1.807, 2.05) is 25.1 Å². The van der Waals surface area contributed by atoms with Crippen LogP contribution in [0.4, 0.5) is 0 Å². The Hall–Kier alpha value is -2.87. The fourth-order valence-electron chi connectivity index (χ4n) is 3.24. The average Bonchev–Trinajstić information content (AvgIpc) is 3.06. The van der Waals surface area contributed by atoms with E-state index in [2.05, 4.69) is 18.8 Å². The van der Waals surface area contributed by atoms with Gasteiger partial charge in [-0.1, -0.05) is 26.0 Å². The molecule has 3 rings (SSSR count). The van der Waals surface area contributed by atoms with Crippen LogP contribution in [0.2, 0.25) is 0 Å². The van der Waals surface area contributed by atoms with E-state index in [9.17, 15) is 14.7 Å². The molecule has 0 bridgehead atoms. The number of ether oxygens (including phenoxy) is 1. The molecular weight excluding hydrogens is 360 g/mol. The van der Waals surface area contributed by atoms with Crippen LogP contribution < -0.4 is 16.0 Å². The summed E-state index contributed by atoms with van der Waals surface area (Å²) in [5.41, 5.74) is 1.86. The summed E-state index contributed by atoms with van der Waals surface area (Å²) in [6.07, 6.45) is 0.612. The van der Waals surface area contributed by atoms with E-state index in [0.717, 1.165) is 21.4 Å². The van der Waals surface area contributed by atoms with E-state index in [0.29, 0.717) is 11.6 Å². The highest BCUT2D eigenvalue weighted by Crippen LogP contribution is 2.27. The van der Waals surface area contributed by atoms with E-state index in [4.69, 9.17) is 4.74 Å². The lowest BCUT2D eigenvalue weighted by Crippen LogP contribution is -2.38. The van der Waals surface area contributed by atoms with Gasteiger partial charge in [0.2, 0.25) is 0 Å². The van der Waals surface area contributed by atoms with Crippen molar-refractivity contribution in [1.82, 2.24) is 18.7 Å². The molecule has 0 unspecified atom stereocenters. The fraction of sp³-hybridized carbons (Fsp3) is 0.450. The van der Waals surface area contributed by atoms with E-state index in [1.54, 1.807) is 11.6 Å². The third-order valence-corrected chi connectivity index (χ3v) is 4.85. The van der Waals surface area contributed by atoms with Crippen molar-refractivity contribution in [3.63, 3.8) is 0 Å². The molecule has 0 spiro atoms. The summed E-state index contributed by atoms with van der Waals surface area (Å²) in [5, 5.41) is 10.5. The first-order valence-corrected chi connectivity index (χ1v) is 9.23. The zero-order chi connectivity index (χ0) is 20.6. The number of hydrogen-bond donors (Lipinski definition) is 1. The monoisotopic (exact) mass is 386 g/mol. The largest absolute Gasteiger partial charge is 0.491 e. The van der Waals surface area contributed by atoms with Gasteiger partial charge in [-0.15, -0.1) is 0 Å². The predicted molar refractivity (Wildman–Crippen MR) is 107 cm³/mol. The van der Waals surface area contributed by atoms with Gasteiger partial charge in [-0.05, 0) is 30.0 Å². The minimum Gasteiger partial charge on any atom is -0.491 e. The van der Waals surface area contributed by atoms with Crippen LogP contribution in [0, 0.1) is 6.92 Å². The smallest absolute Gasteiger partial charge is 0.332 e. The topological polar surface area (TPSA) is 91.3 Å². The number of nitrogens with zero attached hydrogens (tertiary/aromatic N) is 4. The second kappa shape index (κ2) is 7.63. The van der Waals surface area contributed by atoms with Gasteiger partial charge in [0.05, 0.1) is 12.9 Å². The van der Waals surface area contributed by atoms with Gasteiger partial charge in [-0.25, -0.2) is 9.78 Å². The molecule has 0 aliphatic rings. The lowest BCUT2D eigenvalue weighted by atomic mass is 10.0. The van der Waals surface area contributed by atoms with Crippen LogP contribution in [0.5, 0.6) is 5.75 Å². The van der Waals surface area contributed by atoms with Crippen LogP contribution in [0.25, 0.3) is 11.2 Å². The third kappa shape index (κ3) is 3.60. The Bertz CT molecular complexity index is 1120. The lowest BCUT2D eigenvalue weighted by molar-refractivity contribution is 0.0927. The number of benzene rings is 1. The number of fused-ring (bicyclic) bond motifs is 1. The van der Waals surface area contributed by atoms with E-state index in [1.165, 1.54) is 17.9 Å². The van der Waals surface area contributed by atoms with Crippen molar-refractivity contribution in [1.29, 1.82) is 0 Å². The number of hydrogen-bond acceptors (Lipinski definition) is 5. The Morgan fingerprint density at radius 1 is 1.18 bits per heavy atom. The number of rotatable bonds is 6. The number of imidazole rings is 1. The number of aliphatic hydroxyl groups excluding tert-OH is 1. The average molecular weight is 386 g/mol. The summed E-state index contributed by atoms with van der Waals surface area (Å²) in [6.45, 7) is 6.38. The van der Waals surface area contributed by atoms with Crippen molar-refractivity contribution in [3.8, 4) is 5.75 Å². The van der Waals surface area contributed by atoms with Crippen molar-refractivity contribution < 1.29 is 9.84 Å². The van der Waals surface area contributed by atoms with Gasteiger partial charge in [0.15, 0.2) is 11.2 Å². The normalized spacial score (nSPS) is 12.7. The molecular formula is C20H26N4O4. The Balaban J connectivity index is 1.82.